The Morgan fingerprint density at radius 1 is 1.16 bits per heavy atom. The Morgan fingerprint density at radius 3 is 2.71 bits per heavy atom. The number of aliphatic hydroxyl groups is 1. The summed E-state index contributed by atoms with van der Waals surface area (Å²) in [6, 6.07) is 15.1. The van der Waals surface area contributed by atoms with Crippen LogP contribution in [0.1, 0.15) is 36.6 Å². The molecule has 1 aromatic heterocycles. The zero-order valence-electron chi connectivity index (χ0n) is 20.6. The number of fused-ring (bicyclic) bond motifs is 2. The molecule has 3 heterocycles. The molecule has 192 valence electrons. The highest BCUT2D eigenvalue weighted by molar-refractivity contribution is 7.22. The van der Waals surface area contributed by atoms with Crippen LogP contribution in [0, 0.1) is 5.82 Å². The van der Waals surface area contributed by atoms with Gasteiger partial charge < -0.3 is 14.6 Å². The van der Waals surface area contributed by atoms with Crippen molar-refractivity contribution >= 4 is 44.1 Å². The van der Waals surface area contributed by atoms with Gasteiger partial charge in [0, 0.05) is 12.0 Å². The number of aliphatic hydroxyl groups excluding tert-OH is 1. The zero-order valence-corrected chi connectivity index (χ0v) is 21.4. The van der Waals surface area contributed by atoms with Gasteiger partial charge in [0.2, 0.25) is 0 Å². The molecule has 9 heteroatoms. The number of benzene rings is 3. The van der Waals surface area contributed by atoms with Gasteiger partial charge in [-0.15, -0.1) is 0 Å². The third-order valence-electron chi connectivity index (χ3n) is 6.67. The number of ether oxygens (including phenoxy) is 2. The van der Waals surface area contributed by atoms with Gasteiger partial charge >= 0.3 is 5.91 Å². The van der Waals surface area contributed by atoms with Gasteiger partial charge in [0.25, 0.3) is 5.78 Å². The summed E-state index contributed by atoms with van der Waals surface area (Å²) < 4.78 is 25.9. The first-order valence-electron chi connectivity index (χ1n) is 12.2. The third kappa shape index (κ3) is 3.99. The molecule has 2 atom stereocenters. The lowest BCUT2D eigenvalue weighted by Crippen LogP contribution is -2.29. The van der Waals surface area contributed by atoms with Gasteiger partial charge in [-0.1, -0.05) is 23.5 Å². The van der Waals surface area contributed by atoms with E-state index in [2.05, 4.69) is 4.98 Å². The summed E-state index contributed by atoms with van der Waals surface area (Å²) in [7, 11) is 0. The smallest absolute Gasteiger partial charge is 0.301 e. The van der Waals surface area contributed by atoms with Crippen molar-refractivity contribution in [2.45, 2.75) is 32.4 Å². The van der Waals surface area contributed by atoms with Gasteiger partial charge in [0.15, 0.2) is 5.13 Å². The summed E-state index contributed by atoms with van der Waals surface area (Å²) in [5.41, 5.74) is 2.34. The SMILES string of the molecule is CCOc1ccc2nc(N3C(=O)C(=O)/C(=C(/O)c4ccc5c(c4)CC(C)O5)C3c3ccc(F)cc3)sc2c1. The quantitative estimate of drug-likeness (QED) is 0.200. The minimum Gasteiger partial charge on any atom is -0.507 e. The highest BCUT2D eigenvalue weighted by Gasteiger charge is 2.48. The lowest BCUT2D eigenvalue weighted by molar-refractivity contribution is -0.132. The second-order valence-electron chi connectivity index (χ2n) is 9.23. The van der Waals surface area contributed by atoms with Crippen LogP contribution < -0.4 is 14.4 Å². The first-order valence-corrected chi connectivity index (χ1v) is 13.1. The van der Waals surface area contributed by atoms with E-state index in [1.54, 1.807) is 30.3 Å². The summed E-state index contributed by atoms with van der Waals surface area (Å²) in [4.78, 5) is 32.8. The molecule has 0 aliphatic carbocycles. The summed E-state index contributed by atoms with van der Waals surface area (Å²) in [6.07, 6.45) is 0.677. The van der Waals surface area contributed by atoms with Crippen molar-refractivity contribution < 1.29 is 28.6 Å². The standard InChI is InChI=1S/C29H23FN2O5S/c1-3-36-20-9-10-21-23(14-20)38-29(31-21)32-25(16-4-7-19(30)8-5-16)24(27(34)28(32)35)26(33)17-6-11-22-18(13-17)12-15(2)37-22/h4-11,13-15,25,33H,3,12H2,1-2H3/b26-24+. The van der Waals surface area contributed by atoms with Crippen molar-refractivity contribution in [3.05, 3.63) is 88.7 Å². The first kappa shape index (κ1) is 24.1. The number of carbonyl (C=O) groups is 2. The van der Waals surface area contributed by atoms with E-state index in [1.807, 2.05) is 19.9 Å². The van der Waals surface area contributed by atoms with Crippen molar-refractivity contribution in [2.75, 3.05) is 11.5 Å². The summed E-state index contributed by atoms with van der Waals surface area (Å²) in [5, 5.41) is 11.7. The number of hydrogen-bond donors (Lipinski definition) is 1. The largest absolute Gasteiger partial charge is 0.507 e. The maximum Gasteiger partial charge on any atom is 0.301 e. The van der Waals surface area contributed by atoms with Crippen molar-refractivity contribution in [3.8, 4) is 11.5 Å². The number of carbonyl (C=O) groups excluding carboxylic acids is 2. The van der Waals surface area contributed by atoms with Crippen LogP contribution in [0.25, 0.3) is 16.0 Å². The molecular weight excluding hydrogens is 507 g/mol. The molecule has 7 nitrogen and oxygen atoms in total. The number of rotatable bonds is 5. The lowest BCUT2D eigenvalue weighted by atomic mass is 9.94. The predicted octanol–water partition coefficient (Wildman–Crippen LogP) is 5.78. The fraction of sp³-hybridized carbons (Fsp3) is 0.207. The lowest BCUT2D eigenvalue weighted by Gasteiger charge is -2.23. The highest BCUT2D eigenvalue weighted by atomic mass is 32.1. The number of ketones is 1. The van der Waals surface area contributed by atoms with Gasteiger partial charge in [0.05, 0.1) is 28.4 Å². The molecule has 1 saturated heterocycles. The second-order valence-corrected chi connectivity index (χ2v) is 10.2. The number of aromatic nitrogens is 1. The maximum absolute atomic E-state index is 13.8. The van der Waals surface area contributed by atoms with Crippen LogP contribution >= 0.6 is 11.3 Å². The topological polar surface area (TPSA) is 89.0 Å². The predicted molar refractivity (Wildman–Crippen MR) is 142 cm³/mol. The Labute approximate surface area is 221 Å². The number of hydrogen-bond acceptors (Lipinski definition) is 7. The van der Waals surface area contributed by atoms with Gasteiger partial charge in [-0.2, -0.15) is 0 Å². The van der Waals surface area contributed by atoms with E-state index in [9.17, 15) is 19.1 Å². The van der Waals surface area contributed by atoms with E-state index in [0.29, 0.717) is 40.6 Å². The summed E-state index contributed by atoms with van der Waals surface area (Å²) >= 11 is 1.23. The first-order chi connectivity index (χ1) is 18.3. The normalized spacial score (nSPS) is 20.1. The molecule has 1 fully saturated rings. The molecule has 0 bridgehead atoms. The van der Waals surface area contributed by atoms with Crippen LogP contribution in [0.2, 0.25) is 0 Å². The van der Waals surface area contributed by atoms with Crippen molar-refractivity contribution in [1.29, 1.82) is 0 Å². The zero-order chi connectivity index (χ0) is 26.6. The third-order valence-corrected chi connectivity index (χ3v) is 7.68. The van der Waals surface area contributed by atoms with Gasteiger partial charge in [-0.3, -0.25) is 14.5 Å². The Kier molecular flexibility index (Phi) is 5.87. The second kappa shape index (κ2) is 9.25. The summed E-state index contributed by atoms with van der Waals surface area (Å²) in [5.74, 6) is -1.02. The average Bonchev–Trinajstić information content (AvgIpc) is 3.56. The monoisotopic (exact) mass is 530 g/mol. The number of thiazole rings is 1. The van der Waals surface area contributed by atoms with Crippen molar-refractivity contribution in [2.24, 2.45) is 0 Å². The fourth-order valence-corrected chi connectivity index (χ4v) is 5.99. The van der Waals surface area contributed by atoms with E-state index in [4.69, 9.17) is 9.47 Å². The molecule has 1 amide bonds. The molecule has 0 spiro atoms. The van der Waals surface area contributed by atoms with Crippen LogP contribution in [-0.4, -0.2) is 34.5 Å². The molecule has 0 radical (unpaired) electrons. The van der Waals surface area contributed by atoms with E-state index in [0.717, 1.165) is 16.0 Å². The average molecular weight is 531 g/mol. The Bertz CT molecular complexity index is 1630. The Balaban J connectivity index is 1.50. The van der Waals surface area contributed by atoms with Gasteiger partial charge in [0.1, 0.15) is 29.2 Å². The number of nitrogens with zero attached hydrogens (tertiary/aromatic N) is 2. The number of Topliss-reactive ketones (excluding diaryl/α,β-unsaturated/α-hetero) is 1. The fourth-order valence-electron chi connectivity index (χ4n) is 4.97. The molecule has 4 aromatic rings. The molecule has 1 N–H and O–H groups in total. The van der Waals surface area contributed by atoms with E-state index in [-0.39, 0.29) is 17.4 Å². The van der Waals surface area contributed by atoms with Crippen molar-refractivity contribution in [1.82, 2.24) is 4.98 Å². The van der Waals surface area contributed by atoms with Crippen LogP contribution in [-0.2, 0) is 16.0 Å². The van der Waals surface area contributed by atoms with Crippen LogP contribution in [0.4, 0.5) is 9.52 Å². The van der Waals surface area contributed by atoms with Crippen molar-refractivity contribution in [3.63, 3.8) is 0 Å². The van der Waals surface area contributed by atoms with E-state index in [1.165, 1.54) is 40.5 Å². The number of amides is 1. The van der Waals surface area contributed by atoms with Crippen LogP contribution in [0.3, 0.4) is 0 Å². The molecule has 2 unspecified atom stereocenters. The molecular formula is C29H23FN2O5S. The molecule has 6 rings (SSSR count). The molecule has 2 aliphatic heterocycles. The van der Waals surface area contributed by atoms with E-state index >= 15 is 0 Å². The van der Waals surface area contributed by atoms with E-state index < -0.39 is 23.5 Å². The Hall–Kier alpha value is -4.24. The molecule has 2 aliphatic rings. The number of anilines is 1. The minimum absolute atomic E-state index is 0.00877. The highest BCUT2D eigenvalue weighted by Crippen LogP contribution is 2.45. The molecule has 3 aromatic carbocycles. The van der Waals surface area contributed by atoms with Crippen LogP contribution in [0.15, 0.2) is 66.2 Å². The molecule has 38 heavy (non-hydrogen) atoms. The molecule has 0 saturated carbocycles. The minimum atomic E-state index is -0.994. The van der Waals surface area contributed by atoms with Crippen LogP contribution in [0.5, 0.6) is 11.5 Å². The van der Waals surface area contributed by atoms with Gasteiger partial charge in [-0.25, -0.2) is 9.37 Å². The number of halogens is 1. The van der Waals surface area contributed by atoms with Gasteiger partial charge in [-0.05, 0) is 73.5 Å². The maximum atomic E-state index is 13.8. The summed E-state index contributed by atoms with van der Waals surface area (Å²) in [6.45, 7) is 4.35. The Morgan fingerprint density at radius 2 is 1.95 bits per heavy atom.